The van der Waals surface area contributed by atoms with Crippen LogP contribution in [-0.4, -0.2) is 48.7 Å². The van der Waals surface area contributed by atoms with Crippen molar-refractivity contribution in [3.63, 3.8) is 0 Å². The highest BCUT2D eigenvalue weighted by Crippen LogP contribution is 2.32. The summed E-state index contributed by atoms with van der Waals surface area (Å²) < 4.78 is 1.15. The Morgan fingerprint density at radius 3 is 2.45 bits per heavy atom. The lowest BCUT2D eigenvalue weighted by atomic mass is 10.1. The Morgan fingerprint density at radius 2 is 1.74 bits per heavy atom. The highest BCUT2D eigenvalue weighted by Gasteiger charge is 2.20. The van der Waals surface area contributed by atoms with Crippen LogP contribution in [0.2, 0.25) is 0 Å². The van der Waals surface area contributed by atoms with Gasteiger partial charge in [0, 0.05) is 17.9 Å². The fraction of sp³-hybridized carbons (Fsp3) is 0.440. The predicted octanol–water partition coefficient (Wildman–Crippen LogP) is 6.08. The van der Waals surface area contributed by atoms with Crippen molar-refractivity contribution >= 4 is 44.4 Å². The summed E-state index contributed by atoms with van der Waals surface area (Å²) in [5.74, 6) is 1.12. The first-order valence-corrected chi connectivity index (χ1v) is 12.7. The molecule has 0 spiro atoms. The summed E-state index contributed by atoms with van der Waals surface area (Å²) in [5, 5.41) is 0.832. The van der Waals surface area contributed by atoms with E-state index in [0.29, 0.717) is 13.0 Å². The number of fused-ring (bicyclic) bond motifs is 1. The molecule has 0 N–H and O–H groups in total. The van der Waals surface area contributed by atoms with Crippen molar-refractivity contribution in [3.8, 4) is 0 Å². The molecule has 1 heterocycles. The predicted molar refractivity (Wildman–Crippen MR) is 136 cm³/mol. The Bertz CT molecular complexity index is 1010. The Labute approximate surface area is 194 Å². The first-order valence-electron chi connectivity index (χ1n) is 10.9. The van der Waals surface area contributed by atoms with Crippen LogP contribution in [0.3, 0.4) is 0 Å². The number of anilines is 1. The Kier molecular flexibility index (Phi) is 8.52. The number of aromatic nitrogens is 1. The van der Waals surface area contributed by atoms with Gasteiger partial charge in [0.1, 0.15) is 0 Å². The Hall–Kier alpha value is -1.89. The van der Waals surface area contributed by atoms with Crippen molar-refractivity contribution in [1.82, 2.24) is 9.88 Å². The number of hydrogen-bond acceptors (Lipinski definition) is 5. The van der Waals surface area contributed by atoms with Crippen LogP contribution in [0, 0.1) is 20.8 Å². The number of rotatable bonds is 10. The largest absolute Gasteiger partial charge is 0.309 e. The van der Waals surface area contributed by atoms with Crippen molar-refractivity contribution in [2.75, 3.05) is 37.8 Å². The van der Waals surface area contributed by atoms with Crippen LogP contribution in [0.5, 0.6) is 0 Å². The number of carbonyl (C=O) groups is 1. The molecular formula is C25H33N3OS2. The Morgan fingerprint density at radius 1 is 1.00 bits per heavy atom. The molecule has 0 atom stereocenters. The lowest BCUT2D eigenvalue weighted by Gasteiger charge is -2.21. The maximum absolute atomic E-state index is 13.2. The van der Waals surface area contributed by atoms with E-state index in [-0.39, 0.29) is 5.91 Å². The zero-order chi connectivity index (χ0) is 22.4. The molecule has 166 valence electrons. The minimum atomic E-state index is 0.177. The van der Waals surface area contributed by atoms with Gasteiger partial charge in [-0.25, -0.2) is 4.98 Å². The first-order chi connectivity index (χ1) is 14.8. The molecule has 0 aliphatic carbocycles. The number of nitrogens with zero attached hydrogens (tertiary/aromatic N) is 3. The topological polar surface area (TPSA) is 36.4 Å². The maximum Gasteiger partial charge on any atom is 0.228 e. The van der Waals surface area contributed by atoms with Crippen LogP contribution in [0.1, 0.15) is 36.0 Å². The number of aryl methyl sites for hydroxylation is 3. The fourth-order valence-electron chi connectivity index (χ4n) is 3.38. The quantitative estimate of drug-likeness (QED) is 0.274. The van der Waals surface area contributed by atoms with Crippen LogP contribution in [0.15, 0.2) is 41.3 Å². The SMILES string of the molecule is Cc1ccc(SCCCC(=O)N(CCCN(C)C)c2nc3c(C)c(C)ccc3s2)cc1. The van der Waals surface area contributed by atoms with E-state index in [0.717, 1.165) is 40.5 Å². The third-order valence-electron chi connectivity index (χ3n) is 5.42. The molecular weight excluding hydrogens is 422 g/mol. The summed E-state index contributed by atoms with van der Waals surface area (Å²) in [4.78, 5) is 23.4. The second-order valence-electron chi connectivity index (χ2n) is 8.32. The van der Waals surface area contributed by atoms with Crippen LogP contribution < -0.4 is 4.90 Å². The molecule has 1 amide bonds. The number of benzene rings is 2. The van der Waals surface area contributed by atoms with E-state index < -0.39 is 0 Å². The van der Waals surface area contributed by atoms with E-state index in [2.05, 4.69) is 76.2 Å². The van der Waals surface area contributed by atoms with Crippen LogP contribution >= 0.6 is 23.1 Å². The summed E-state index contributed by atoms with van der Waals surface area (Å²) >= 11 is 3.45. The third kappa shape index (κ3) is 6.55. The molecule has 2 aromatic carbocycles. The summed E-state index contributed by atoms with van der Waals surface area (Å²) in [6.07, 6.45) is 2.35. The molecule has 0 saturated carbocycles. The van der Waals surface area contributed by atoms with Crippen molar-refractivity contribution < 1.29 is 4.79 Å². The van der Waals surface area contributed by atoms with E-state index in [1.807, 2.05) is 16.7 Å². The monoisotopic (exact) mass is 455 g/mol. The van der Waals surface area contributed by atoms with Crippen LogP contribution in [0.4, 0.5) is 5.13 Å². The van der Waals surface area contributed by atoms with E-state index >= 15 is 0 Å². The molecule has 0 bridgehead atoms. The van der Waals surface area contributed by atoms with Crippen LogP contribution in [-0.2, 0) is 4.79 Å². The number of carbonyl (C=O) groups excluding carboxylic acids is 1. The minimum absolute atomic E-state index is 0.177. The molecule has 4 nitrogen and oxygen atoms in total. The maximum atomic E-state index is 13.2. The van der Waals surface area contributed by atoms with Crippen molar-refractivity contribution in [2.45, 2.75) is 44.9 Å². The van der Waals surface area contributed by atoms with Gasteiger partial charge in [-0.2, -0.15) is 0 Å². The van der Waals surface area contributed by atoms with Gasteiger partial charge in [0.05, 0.1) is 10.2 Å². The lowest BCUT2D eigenvalue weighted by Crippen LogP contribution is -2.33. The summed E-state index contributed by atoms with van der Waals surface area (Å²) in [5.41, 5.74) is 4.74. The number of hydrogen-bond donors (Lipinski definition) is 0. The molecule has 0 saturated heterocycles. The smallest absolute Gasteiger partial charge is 0.228 e. The molecule has 31 heavy (non-hydrogen) atoms. The molecule has 6 heteroatoms. The standard InChI is InChI=1S/C25H33N3OS2/c1-18-9-12-21(13-10-18)30-17-6-8-23(29)28(16-7-15-27(4)5)25-26-24-20(3)19(2)11-14-22(24)31-25/h9-14H,6-8,15-17H2,1-5H3. The van der Waals surface area contributed by atoms with Gasteiger partial charge < -0.3 is 4.90 Å². The van der Waals surface area contributed by atoms with E-state index in [9.17, 15) is 4.79 Å². The zero-order valence-corrected chi connectivity index (χ0v) is 20.9. The third-order valence-corrected chi connectivity index (χ3v) is 7.56. The van der Waals surface area contributed by atoms with Gasteiger partial charge in [-0.05, 0) is 89.3 Å². The highest BCUT2D eigenvalue weighted by atomic mass is 32.2. The van der Waals surface area contributed by atoms with E-state index in [1.165, 1.54) is 21.6 Å². The lowest BCUT2D eigenvalue weighted by molar-refractivity contribution is -0.118. The average Bonchev–Trinajstić information content (AvgIpc) is 3.17. The average molecular weight is 456 g/mol. The van der Waals surface area contributed by atoms with Gasteiger partial charge in [0.25, 0.3) is 0 Å². The van der Waals surface area contributed by atoms with Crippen molar-refractivity contribution in [1.29, 1.82) is 0 Å². The highest BCUT2D eigenvalue weighted by molar-refractivity contribution is 7.99. The van der Waals surface area contributed by atoms with Crippen LogP contribution in [0.25, 0.3) is 10.2 Å². The van der Waals surface area contributed by atoms with Crippen molar-refractivity contribution in [3.05, 3.63) is 53.1 Å². The molecule has 0 radical (unpaired) electrons. The van der Waals surface area contributed by atoms with Gasteiger partial charge in [-0.3, -0.25) is 9.69 Å². The summed E-state index contributed by atoms with van der Waals surface area (Å²) in [6, 6.07) is 12.8. The summed E-state index contributed by atoms with van der Waals surface area (Å²) in [6.45, 7) is 7.99. The van der Waals surface area contributed by atoms with Gasteiger partial charge >= 0.3 is 0 Å². The second kappa shape index (κ2) is 11.1. The van der Waals surface area contributed by atoms with Crippen molar-refractivity contribution in [2.24, 2.45) is 0 Å². The molecule has 0 aliphatic rings. The van der Waals surface area contributed by atoms with Gasteiger partial charge in [-0.15, -0.1) is 11.8 Å². The normalized spacial score (nSPS) is 11.4. The fourth-order valence-corrected chi connectivity index (χ4v) is 5.31. The number of thioether (sulfide) groups is 1. The molecule has 3 rings (SSSR count). The second-order valence-corrected chi connectivity index (χ2v) is 10.5. The number of amides is 1. The molecule has 0 unspecified atom stereocenters. The number of thiazole rings is 1. The molecule has 1 aromatic heterocycles. The first kappa shape index (κ1) is 23.8. The zero-order valence-electron chi connectivity index (χ0n) is 19.3. The van der Waals surface area contributed by atoms with Gasteiger partial charge in [0.15, 0.2) is 5.13 Å². The minimum Gasteiger partial charge on any atom is -0.309 e. The van der Waals surface area contributed by atoms with Gasteiger partial charge in [-0.1, -0.05) is 35.1 Å². The Balaban J connectivity index is 1.66. The van der Waals surface area contributed by atoms with E-state index in [4.69, 9.17) is 4.98 Å². The van der Waals surface area contributed by atoms with E-state index in [1.54, 1.807) is 11.3 Å². The van der Waals surface area contributed by atoms with Gasteiger partial charge in [0.2, 0.25) is 5.91 Å². The summed E-state index contributed by atoms with van der Waals surface area (Å²) in [7, 11) is 4.14. The molecule has 3 aromatic rings. The molecule has 0 aliphatic heterocycles. The molecule has 0 fully saturated rings.